The van der Waals surface area contributed by atoms with Gasteiger partial charge >= 0.3 is 0 Å². The molecular weight excluding hydrogens is 945 g/mol. The van der Waals surface area contributed by atoms with E-state index in [4.69, 9.17) is 37.9 Å². The molecule has 0 saturated carbocycles. The van der Waals surface area contributed by atoms with Gasteiger partial charge in [-0.15, -0.1) is 0 Å². The fourth-order valence-electron chi connectivity index (χ4n) is 11.1. The predicted molar refractivity (Wildman–Crippen MR) is 282 cm³/mol. The number of fused-ring (bicyclic) bond motifs is 4. The lowest BCUT2D eigenvalue weighted by molar-refractivity contribution is 0.111. The first-order valence-corrected chi connectivity index (χ1v) is 23.4. The molecule has 0 spiro atoms. The number of nitrogens with one attached hydrogen (secondary N) is 4. The van der Waals surface area contributed by atoms with E-state index in [9.17, 15) is 19.2 Å². The molecule has 0 radical (unpaired) electrons. The van der Waals surface area contributed by atoms with Gasteiger partial charge in [0.15, 0.2) is 25.1 Å². The van der Waals surface area contributed by atoms with E-state index in [1.54, 1.807) is 52.7 Å². The SMILES string of the molecule is COc1cc(OC)c2c3c([nH]c2c1C=O)Cc1[nH]c2c(C=O)c(OC)cc(OC)c2c1-c1ccc(cc1)-c1c([nH]c2c(C=O)c(OC)cc(OC)c12)Cc1[nH]c2c(C=O)c(OC)cc(OC)c2c1-c1ccc-3cc1. The molecule has 16 nitrogen and oxygen atoms in total. The molecule has 0 amide bonds. The van der Waals surface area contributed by atoms with Crippen LogP contribution in [-0.2, 0) is 12.8 Å². The fraction of sp³-hybridized carbons (Fsp3) is 0.172. The lowest BCUT2D eigenvalue weighted by Crippen LogP contribution is -1.97. The summed E-state index contributed by atoms with van der Waals surface area (Å²) in [7, 11) is 12.3. The van der Waals surface area contributed by atoms with Gasteiger partial charge in [-0.3, -0.25) is 19.2 Å². The number of hydrogen-bond acceptors (Lipinski definition) is 12. The quantitative estimate of drug-likeness (QED) is 0.0844. The number of carbonyl (C=O) groups is 4. The summed E-state index contributed by atoms with van der Waals surface area (Å²) in [4.78, 5) is 66.7. The zero-order valence-electron chi connectivity index (χ0n) is 41.6. The molecule has 0 fully saturated rings. The molecule has 10 aromatic rings. The molecular formula is C58H48N4O12. The third-order valence-corrected chi connectivity index (χ3v) is 14.3. The maximum atomic E-state index is 13.0. The van der Waals surface area contributed by atoms with Gasteiger partial charge in [0.25, 0.3) is 0 Å². The Hall–Kier alpha value is -9.44. The highest BCUT2D eigenvalue weighted by molar-refractivity contribution is 6.14. The zero-order valence-corrected chi connectivity index (χ0v) is 41.6. The number of hydrogen-bond donors (Lipinski definition) is 4. The van der Waals surface area contributed by atoms with Gasteiger partial charge in [-0.2, -0.15) is 0 Å². The first-order chi connectivity index (χ1) is 36.1. The highest BCUT2D eigenvalue weighted by Gasteiger charge is 2.31. The van der Waals surface area contributed by atoms with Gasteiger partial charge in [-0.1, -0.05) is 48.5 Å². The van der Waals surface area contributed by atoms with Crippen molar-refractivity contribution in [2.45, 2.75) is 12.8 Å². The Morgan fingerprint density at radius 1 is 0.311 bits per heavy atom. The maximum absolute atomic E-state index is 13.0. The van der Waals surface area contributed by atoms with Crippen molar-refractivity contribution in [3.8, 4) is 90.5 Å². The Morgan fingerprint density at radius 3 is 0.662 bits per heavy atom. The molecule has 6 aromatic carbocycles. The van der Waals surface area contributed by atoms with Gasteiger partial charge in [-0.05, 0) is 22.3 Å². The number of methoxy groups -OCH3 is 8. The number of aromatic nitrogens is 4. The van der Waals surface area contributed by atoms with E-state index in [-0.39, 0.29) is 12.8 Å². The predicted octanol–water partition coefficient (Wildman–Crippen LogP) is 11.1. The summed E-state index contributed by atoms with van der Waals surface area (Å²) in [5.74, 6) is 3.17. The summed E-state index contributed by atoms with van der Waals surface area (Å²) in [5.41, 5.74) is 12.1. The number of carbonyl (C=O) groups excluding carboxylic acids is 4. The number of benzene rings is 6. The number of aldehydes is 4. The highest BCUT2D eigenvalue weighted by Crippen LogP contribution is 2.51. The summed E-state index contributed by atoms with van der Waals surface area (Å²) >= 11 is 0. The minimum Gasteiger partial charge on any atom is -0.496 e. The minimum absolute atomic E-state index is 0.214. The molecule has 0 unspecified atom stereocenters. The normalized spacial score (nSPS) is 11.9. The Kier molecular flexibility index (Phi) is 11.6. The van der Waals surface area contributed by atoms with Crippen molar-refractivity contribution in [2.24, 2.45) is 0 Å². The van der Waals surface area contributed by atoms with Crippen LogP contribution in [0.4, 0.5) is 0 Å². The maximum Gasteiger partial charge on any atom is 0.155 e. The number of ether oxygens (including phenoxy) is 8. The van der Waals surface area contributed by atoms with Crippen molar-refractivity contribution in [3.05, 3.63) is 118 Å². The zero-order chi connectivity index (χ0) is 51.7. The molecule has 0 saturated heterocycles. The van der Waals surface area contributed by atoms with Gasteiger partial charge < -0.3 is 57.8 Å². The van der Waals surface area contributed by atoms with Crippen LogP contribution in [0.25, 0.3) is 88.1 Å². The van der Waals surface area contributed by atoms with Crippen molar-refractivity contribution < 1.29 is 57.1 Å². The van der Waals surface area contributed by atoms with Crippen LogP contribution in [0, 0.1) is 0 Å². The van der Waals surface area contributed by atoms with Crippen LogP contribution in [0.15, 0.2) is 72.8 Å². The molecule has 0 aliphatic heterocycles. The van der Waals surface area contributed by atoms with Crippen molar-refractivity contribution in [2.75, 3.05) is 56.9 Å². The Balaban J connectivity index is 1.30. The third-order valence-electron chi connectivity index (χ3n) is 14.3. The largest absolute Gasteiger partial charge is 0.496 e. The molecule has 74 heavy (non-hydrogen) atoms. The van der Waals surface area contributed by atoms with Gasteiger partial charge in [0, 0.05) is 82.1 Å². The van der Waals surface area contributed by atoms with Crippen LogP contribution < -0.4 is 37.9 Å². The van der Waals surface area contributed by atoms with Gasteiger partial charge in [0.1, 0.15) is 46.0 Å². The molecule has 4 N–H and O–H groups in total. The fourth-order valence-corrected chi connectivity index (χ4v) is 11.1. The molecule has 4 heterocycles. The molecule has 4 aromatic heterocycles. The second-order valence-electron chi connectivity index (χ2n) is 17.7. The third kappa shape index (κ3) is 6.81. The summed E-state index contributed by atoms with van der Waals surface area (Å²) in [6.07, 6.45) is 3.47. The van der Waals surface area contributed by atoms with E-state index >= 15 is 0 Å². The standard InChI is InChI=1S/C58H48N4O12/c1-67-39-19-43(71-5)51-47-27-9-11-28(12-10-27)49-37(61-57-33(25-65)41(69-3)21-45(73-7)53(49)57)18-38-50(54-46(74-8)22-42(70-4)34(26-66)58(54)62-38)30-15-13-29(14-16-30)48-36(17-35(47)59-55(51)31(39)23-63)60-56-32(24-64)40(68-2)20-44(72-6)52(48)56/h9-16,19-26,59-62H,17-18H2,1-8H3. The van der Waals surface area contributed by atoms with Crippen molar-refractivity contribution in [1.29, 1.82) is 0 Å². The first kappa shape index (κ1) is 46.9. The van der Waals surface area contributed by atoms with Crippen LogP contribution in [0.2, 0.25) is 0 Å². The topological polar surface area (TPSA) is 205 Å². The Morgan fingerprint density at radius 2 is 0.500 bits per heavy atom. The first-order valence-electron chi connectivity index (χ1n) is 23.4. The summed E-state index contributed by atoms with van der Waals surface area (Å²) in [5, 5.41) is 2.58. The Labute approximate surface area is 422 Å². The second kappa shape index (κ2) is 18.3. The minimum atomic E-state index is 0.214. The second-order valence-corrected chi connectivity index (χ2v) is 17.7. The molecule has 14 rings (SSSR count). The monoisotopic (exact) mass is 992 g/mol. The average molecular weight is 993 g/mol. The molecule has 4 bridgehead atoms. The van der Waals surface area contributed by atoms with Crippen LogP contribution >= 0.6 is 0 Å². The molecule has 0 atom stereocenters. The van der Waals surface area contributed by atoms with Crippen LogP contribution in [-0.4, -0.2) is 102 Å². The number of rotatable bonds is 12. The highest BCUT2D eigenvalue weighted by atomic mass is 16.5. The van der Waals surface area contributed by atoms with Crippen molar-refractivity contribution >= 4 is 68.8 Å². The Bertz CT molecular complexity index is 3460. The van der Waals surface area contributed by atoms with E-state index in [0.29, 0.717) is 135 Å². The average Bonchev–Trinajstić information content (AvgIpc) is 4.23. The van der Waals surface area contributed by atoms with E-state index in [1.807, 2.05) is 48.5 Å². The van der Waals surface area contributed by atoms with Crippen molar-refractivity contribution in [1.82, 2.24) is 19.9 Å². The van der Waals surface area contributed by atoms with E-state index in [1.165, 1.54) is 28.4 Å². The molecule has 16 heteroatoms. The number of aromatic amines is 4. The molecule has 372 valence electrons. The summed E-state index contributed by atoms with van der Waals surface area (Å²) in [6, 6.07) is 22.8. The van der Waals surface area contributed by atoms with Crippen molar-refractivity contribution in [3.63, 3.8) is 0 Å². The molecule has 4 aliphatic rings. The summed E-state index contributed by atoms with van der Waals surface area (Å²) < 4.78 is 47.2. The van der Waals surface area contributed by atoms with Crippen LogP contribution in [0.1, 0.15) is 64.2 Å². The summed E-state index contributed by atoms with van der Waals surface area (Å²) in [6.45, 7) is 0. The van der Waals surface area contributed by atoms with Gasteiger partial charge in [0.05, 0.1) is 123 Å². The molecule has 4 aliphatic carbocycles. The van der Waals surface area contributed by atoms with Crippen LogP contribution in [0.5, 0.6) is 46.0 Å². The van der Waals surface area contributed by atoms with E-state index in [2.05, 4.69) is 19.9 Å². The van der Waals surface area contributed by atoms with Gasteiger partial charge in [-0.25, -0.2) is 0 Å². The van der Waals surface area contributed by atoms with E-state index < -0.39 is 0 Å². The smallest absolute Gasteiger partial charge is 0.155 e. The lowest BCUT2D eigenvalue weighted by atomic mass is 9.91. The van der Waals surface area contributed by atoms with E-state index in [0.717, 1.165) is 69.7 Å². The van der Waals surface area contributed by atoms with Gasteiger partial charge in [0.2, 0.25) is 0 Å². The van der Waals surface area contributed by atoms with Crippen LogP contribution in [0.3, 0.4) is 0 Å². The lowest BCUT2D eigenvalue weighted by Gasteiger charge is -2.14. The number of H-pyrrole nitrogens is 4.